The highest BCUT2D eigenvalue weighted by Crippen LogP contribution is 2.32. The van der Waals surface area contributed by atoms with Gasteiger partial charge in [-0.05, 0) is 64.4 Å². The van der Waals surface area contributed by atoms with Gasteiger partial charge in [-0.1, -0.05) is 118 Å². The lowest BCUT2D eigenvalue weighted by Gasteiger charge is -2.20. The van der Waals surface area contributed by atoms with Gasteiger partial charge in [0.15, 0.2) is 16.7 Å². The molecule has 0 bridgehead atoms. The van der Waals surface area contributed by atoms with Crippen molar-refractivity contribution in [2.24, 2.45) is 7.05 Å². The molecule has 7 rings (SSSR count). The number of aryl methyl sites for hydroxylation is 2. The minimum Gasteiger partial charge on any atom is -0.377 e. The fraction of sp³-hybridized carbons (Fsp3) is 0.229. The first-order chi connectivity index (χ1) is 28.1. The molecule has 0 radical (unpaired) electrons. The molecule has 0 unspecified atom stereocenters. The molecule has 0 atom stereocenters. The van der Waals surface area contributed by atoms with Crippen LogP contribution in [-0.4, -0.2) is 64.4 Å². The average Bonchev–Trinajstić information content (AvgIpc) is 3.48. The van der Waals surface area contributed by atoms with Crippen LogP contribution in [0.2, 0.25) is 10.0 Å². The maximum Gasteiger partial charge on any atom is 0.282 e. The number of benzene rings is 6. The molecule has 10 heteroatoms. The molecule has 6 aromatic carbocycles. The number of nitrogens with two attached hydrogens (primary N) is 1. The van der Waals surface area contributed by atoms with E-state index in [4.69, 9.17) is 23.2 Å². The van der Waals surface area contributed by atoms with Crippen LogP contribution in [0.3, 0.4) is 0 Å². The van der Waals surface area contributed by atoms with Crippen LogP contribution in [0.15, 0.2) is 115 Å². The van der Waals surface area contributed by atoms with E-state index in [1.54, 1.807) is 0 Å². The molecule has 0 amide bonds. The first kappa shape index (κ1) is 41.6. The molecular formula is C48H52Cl2N6S2+2. The summed E-state index contributed by atoms with van der Waals surface area (Å²) in [4.78, 5) is 6.62. The Labute approximate surface area is 361 Å². The number of imidazole rings is 1. The Bertz CT molecular complexity index is 2610. The minimum absolute atomic E-state index is 0.744. The largest absolute Gasteiger partial charge is 0.377 e. The third-order valence-corrected chi connectivity index (χ3v) is 13.5. The van der Waals surface area contributed by atoms with E-state index in [1.807, 2.05) is 33.7 Å². The average molecular weight is 848 g/mol. The van der Waals surface area contributed by atoms with Crippen molar-refractivity contribution in [1.29, 1.82) is 0 Å². The van der Waals surface area contributed by atoms with E-state index in [9.17, 15) is 0 Å². The van der Waals surface area contributed by atoms with Gasteiger partial charge < -0.3 is 20.0 Å². The maximum atomic E-state index is 6.53. The molecule has 1 aromatic heterocycles. The van der Waals surface area contributed by atoms with E-state index < -0.39 is 0 Å². The molecule has 7 aromatic rings. The van der Waals surface area contributed by atoms with Crippen LogP contribution >= 0.6 is 44.8 Å². The zero-order valence-corrected chi connectivity index (χ0v) is 37.3. The minimum atomic E-state index is 0.744. The summed E-state index contributed by atoms with van der Waals surface area (Å²) >= 11 is 13.0. The van der Waals surface area contributed by atoms with Gasteiger partial charge in [0.1, 0.15) is 12.2 Å². The Morgan fingerprint density at radius 2 is 1.22 bits per heavy atom. The van der Waals surface area contributed by atoms with Crippen LogP contribution in [0.5, 0.6) is 0 Å². The molecule has 0 spiro atoms. The number of nitrogens with zero attached hydrogens (tertiary/aromatic N) is 5. The predicted molar refractivity (Wildman–Crippen MR) is 259 cm³/mol. The Balaban J connectivity index is 0.969. The van der Waals surface area contributed by atoms with E-state index in [1.165, 1.54) is 55.3 Å². The summed E-state index contributed by atoms with van der Waals surface area (Å²) < 4.78 is 4.67. The van der Waals surface area contributed by atoms with Crippen molar-refractivity contribution >= 4 is 118 Å². The number of likely N-dealkylation sites (N-methyl/N-ethyl adjacent to an activating group) is 1. The van der Waals surface area contributed by atoms with Gasteiger partial charge in [0.05, 0.1) is 19.3 Å². The van der Waals surface area contributed by atoms with Gasteiger partial charge in [-0.3, -0.25) is 0 Å². The van der Waals surface area contributed by atoms with Crippen molar-refractivity contribution in [3.05, 3.63) is 142 Å². The van der Waals surface area contributed by atoms with Crippen molar-refractivity contribution in [3.8, 4) is 0 Å². The number of hydrogen-bond acceptors (Lipinski definition) is 5. The number of fused-ring (bicyclic) bond motifs is 3. The van der Waals surface area contributed by atoms with Crippen molar-refractivity contribution in [1.82, 2.24) is 4.57 Å². The Kier molecular flexibility index (Phi) is 13.6. The van der Waals surface area contributed by atoms with E-state index in [0.717, 1.165) is 58.2 Å². The van der Waals surface area contributed by atoms with E-state index in [2.05, 4.69) is 193 Å². The SMILES string of the molecule is CN(C)c1ccc(C=CCN(C)c2cc(Cl)ccc2[NH2+]CCSSCC[n+]2c(C=Cc3ccc(N(C)C)c4ccccc34)n(C)c3cc(Cl)ccc32)c2ccccc12. The third kappa shape index (κ3) is 9.33. The van der Waals surface area contributed by atoms with Crippen molar-refractivity contribution in [2.75, 3.05) is 74.5 Å². The summed E-state index contributed by atoms with van der Waals surface area (Å²) in [6.07, 6.45) is 8.97. The summed E-state index contributed by atoms with van der Waals surface area (Å²) in [7, 11) is 16.5. The number of hydrogen-bond donors (Lipinski definition) is 1. The molecule has 0 saturated carbocycles. The molecule has 0 fully saturated rings. The Hall–Kier alpha value is -4.57. The van der Waals surface area contributed by atoms with Gasteiger partial charge in [0.25, 0.3) is 5.82 Å². The first-order valence-corrected chi connectivity index (χ1v) is 22.8. The second kappa shape index (κ2) is 19.0. The molecule has 1 heterocycles. The molecule has 0 aliphatic heterocycles. The van der Waals surface area contributed by atoms with Gasteiger partial charge in [-0.2, -0.15) is 0 Å². The molecule has 0 aliphatic rings. The summed E-state index contributed by atoms with van der Waals surface area (Å²) in [5, 5.41) is 8.84. The zero-order chi connectivity index (χ0) is 40.8. The predicted octanol–water partition coefficient (Wildman–Crippen LogP) is 10.8. The lowest BCUT2D eigenvalue weighted by molar-refractivity contribution is -0.669. The van der Waals surface area contributed by atoms with Crippen molar-refractivity contribution in [3.63, 3.8) is 0 Å². The third-order valence-electron chi connectivity index (χ3n) is 10.6. The fourth-order valence-corrected chi connectivity index (χ4v) is 9.93. The highest BCUT2D eigenvalue weighted by molar-refractivity contribution is 8.76. The van der Waals surface area contributed by atoms with Gasteiger partial charge in [0.2, 0.25) is 0 Å². The molecule has 58 heavy (non-hydrogen) atoms. The molecular weight excluding hydrogens is 796 g/mol. The van der Waals surface area contributed by atoms with Crippen LogP contribution in [-0.2, 0) is 13.6 Å². The highest BCUT2D eigenvalue weighted by Gasteiger charge is 2.21. The van der Waals surface area contributed by atoms with Gasteiger partial charge >= 0.3 is 0 Å². The highest BCUT2D eigenvalue weighted by atomic mass is 35.5. The van der Waals surface area contributed by atoms with Crippen molar-refractivity contribution < 1.29 is 9.88 Å². The topological polar surface area (TPSA) is 35.1 Å². The summed E-state index contributed by atoms with van der Waals surface area (Å²) in [6.45, 7) is 2.62. The number of rotatable bonds is 16. The van der Waals surface area contributed by atoms with E-state index in [-0.39, 0.29) is 0 Å². The second-order valence-corrected chi connectivity index (χ2v) is 18.5. The fourth-order valence-electron chi connectivity index (χ4n) is 7.67. The number of halogens is 2. The second-order valence-electron chi connectivity index (χ2n) is 14.9. The van der Waals surface area contributed by atoms with Crippen LogP contribution in [0.1, 0.15) is 17.0 Å². The summed E-state index contributed by atoms with van der Waals surface area (Å²) in [5.41, 5.74) is 9.51. The smallest absolute Gasteiger partial charge is 0.282 e. The zero-order valence-electron chi connectivity index (χ0n) is 34.1. The summed E-state index contributed by atoms with van der Waals surface area (Å²) in [5.74, 6) is 3.14. The van der Waals surface area contributed by atoms with Gasteiger partial charge in [-0.15, -0.1) is 0 Å². The number of aromatic nitrogens is 2. The number of anilines is 3. The maximum absolute atomic E-state index is 6.53. The summed E-state index contributed by atoms with van der Waals surface area (Å²) in [6, 6.07) is 38.5. The molecule has 6 nitrogen and oxygen atoms in total. The molecule has 0 aliphatic carbocycles. The Morgan fingerprint density at radius 1 is 0.638 bits per heavy atom. The monoisotopic (exact) mass is 846 g/mol. The standard InChI is InChI=1S/C48H51Cl2N6S2/c1-52(2)43-23-17-34(38-13-7-9-15-40(38)43)12-11-28-54(5)46-32-36(49)20-22-42(46)51-27-30-57-58-31-29-56-45-25-21-37(50)33-47(45)55(6)48(56)26-19-35-18-24-44(53(3)4)41-16-10-8-14-39(35)41/h7-26,32-33,51H,27-31H2,1-6H3/q+1/p+1. The Morgan fingerprint density at radius 3 is 1.88 bits per heavy atom. The molecule has 0 saturated heterocycles. The van der Waals surface area contributed by atoms with E-state index >= 15 is 0 Å². The quantitative estimate of drug-likeness (QED) is 0.0454. The van der Waals surface area contributed by atoms with Gasteiger partial charge in [0, 0.05) is 97.9 Å². The van der Waals surface area contributed by atoms with Crippen LogP contribution < -0.4 is 24.6 Å². The van der Waals surface area contributed by atoms with Crippen LogP contribution in [0, 0.1) is 0 Å². The lowest BCUT2D eigenvalue weighted by Crippen LogP contribution is -2.79. The molecule has 298 valence electrons. The number of quaternary nitrogens is 1. The van der Waals surface area contributed by atoms with Crippen LogP contribution in [0.4, 0.5) is 22.7 Å². The van der Waals surface area contributed by atoms with Crippen LogP contribution in [0.25, 0.3) is 50.8 Å². The van der Waals surface area contributed by atoms with Crippen molar-refractivity contribution in [2.45, 2.75) is 6.54 Å². The van der Waals surface area contributed by atoms with Gasteiger partial charge in [-0.25, -0.2) is 9.13 Å². The first-order valence-electron chi connectivity index (χ1n) is 19.6. The normalized spacial score (nSPS) is 11.9. The lowest BCUT2D eigenvalue weighted by atomic mass is 10.0. The van der Waals surface area contributed by atoms with E-state index in [0.29, 0.717) is 0 Å². The molecule has 2 N–H and O–H groups in total.